The highest BCUT2D eigenvalue weighted by atomic mass is 19.4. The molecule has 0 aliphatic heterocycles. The average molecular weight is 251 g/mol. The van der Waals surface area contributed by atoms with Crippen molar-refractivity contribution in [3.05, 3.63) is 6.92 Å². The van der Waals surface area contributed by atoms with Gasteiger partial charge in [-0.3, -0.25) is 0 Å². The van der Waals surface area contributed by atoms with Gasteiger partial charge in [0.2, 0.25) is 0 Å². The molecular weight excluding hydrogens is 225 g/mol. The van der Waals surface area contributed by atoms with Crippen LogP contribution in [0.2, 0.25) is 0 Å². The fourth-order valence-electron chi connectivity index (χ4n) is 1.92. The Kier molecular flexibility index (Phi) is 10.8. The van der Waals surface area contributed by atoms with Crippen LogP contribution in [0.15, 0.2) is 0 Å². The van der Waals surface area contributed by atoms with Gasteiger partial charge in [0, 0.05) is 6.42 Å². The lowest BCUT2D eigenvalue weighted by molar-refractivity contribution is -0.135. The Bertz CT molecular complexity index is 152. The molecule has 0 nitrogen and oxygen atoms in total. The minimum Gasteiger partial charge on any atom is -0.171 e. The summed E-state index contributed by atoms with van der Waals surface area (Å²) in [7, 11) is 0. The SMILES string of the molecule is [CH2]CCCCCCCCCCCCC(F)(F)F. The van der Waals surface area contributed by atoms with E-state index in [9.17, 15) is 13.2 Å². The Balaban J connectivity index is 2.99. The lowest BCUT2D eigenvalue weighted by Gasteiger charge is -2.05. The molecule has 1 radical (unpaired) electrons. The second-order valence-electron chi connectivity index (χ2n) is 4.75. The molecule has 0 aliphatic rings. The van der Waals surface area contributed by atoms with Crippen molar-refractivity contribution in [2.45, 2.75) is 83.2 Å². The minimum absolute atomic E-state index is 0.299. The highest BCUT2D eigenvalue weighted by Crippen LogP contribution is 2.23. The number of halogens is 3. The van der Waals surface area contributed by atoms with Crippen molar-refractivity contribution in [2.75, 3.05) is 0 Å². The van der Waals surface area contributed by atoms with E-state index in [1.54, 1.807) is 0 Å². The van der Waals surface area contributed by atoms with E-state index in [2.05, 4.69) is 6.92 Å². The Labute approximate surface area is 104 Å². The van der Waals surface area contributed by atoms with Crippen molar-refractivity contribution in [3.8, 4) is 0 Å². The zero-order valence-electron chi connectivity index (χ0n) is 10.8. The Morgan fingerprint density at radius 1 is 0.588 bits per heavy atom. The Morgan fingerprint density at radius 2 is 0.941 bits per heavy atom. The standard InChI is InChI=1S/C14H26F3/c1-2-3-4-5-6-7-8-9-10-11-12-13-14(15,16)17/h1-13H2. The fraction of sp³-hybridized carbons (Fsp3) is 0.929. The molecule has 0 spiro atoms. The van der Waals surface area contributed by atoms with E-state index in [1.807, 2.05) is 0 Å². The summed E-state index contributed by atoms with van der Waals surface area (Å²) >= 11 is 0. The topological polar surface area (TPSA) is 0 Å². The van der Waals surface area contributed by atoms with Crippen molar-refractivity contribution in [2.24, 2.45) is 0 Å². The van der Waals surface area contributed by atoms with Gasteiger partial charge in [-0.1, -0.05) is 71.1 Å². The van der Waals surface area contributed by atoms with Crippen LogP contribution in [0.1, 0.15) is 77.0 Å². The highest BCUT2D eigenvalue weighted by molar-refractivity contribution is 4.52. The first-order valence-corrected chi connectivity index (χ1v) is 6.92. The van der Waals surface area contributed by atoms with E-state index in [1.165, 1.54) is 38.5 Å². The van der Waals surface area contributed by atoms with Crippen LogP contribution in [0.5, 0.6) is 0 Å². The van der Waals surface area contributed by atoms with E-state index >= 15 is 0 Å². The van der Waals surface area contributed by atoms with E-state index < -0.39 is 12.6 Å². The molecule has 3 heteroatoms. The molecule has 0 atom stereocenters. The van der Waals surface area contributed by atoms with Gasteiger partial charge in [0.25, 0.3) is 0 Å². The van der Waals surface area contributed by atoms with E-state index in [0.29, 0.717) is 6.42 Å². The molecular formula is C14H26F3. The van der Waals surface area contributed by atoms with Crippen LogP contribution in [-0.2, 0) is 0 Å². The van der Waals surface area contributed by atoms with Gasteiger partial charge in [-0.05, 0) is 6.42 Å². The zero-order chi connectivity index (χ0) is 13.0. The second kappa shape index (κ2) is 10.9. The van der Waals surface area contributed by atoms with Gasteiger partial charge in [0.05, 0.1) is 0 Å². The molecule has 0 aromatic heterocycles. The quantitative estimate of drug-likeness (QED) is 0.391. The summed E-state index contributed by atoms with van der Waals surface area (Å²) in [5, 5.41) is 0. The van der Waals surface area contributed by atoms with Crippen molar-refractivity contribution in [1.29, 1.82) is 0 Å². The molecule has 0 aliphatic carbocycles. The molecule has 17 heavy (non-hydrogen) atoms. The second-order valence-corrected chi connectivity index (χ2v) is 4.75. The van der Waals surface area contributed by atoms with Crippen LogP contribution in [0, 0.1) is 6.92 Å². The Hall–Kier alpha value is -0.210. The maximum atomic E-state index is 11.8. The van der Waals surface area contributed by atoms with E-state index in [-0.39, 0.29) is 0 Å². The summed E-state index contributed by atoms with van der Waals surface area (Å²) in [6, 6.07) is 0. The lowest BCUT2D eigenvalue weighted by atomic mass is 10.1. The molecule has 0 fully saturated rings. The first-order valence-electron chi connectivity index (χ1n) is 6.92. The molecule has 103 valence electrons. The third-order valence-electron chi connectivity index (χ3n) is 2.96. The van der Waals surface area contributed by atoms with Crippen LogP contribution in [0.3, 0.4) is 0 Å². The minimum atomic E-state index is -3.96. The molecule has 0 aromatic carbocycles. The van der Waals surface area contributed by atoms with Gasteiger partial charge in [0.1, 0.15) is 0 Å². The number of rotatable bonds is 11. The van der Waals surface area contributed by atoms with Crippen LogP contribution in [-0.4, -0.2) is 6.18 Å². The molecule has 0 rings (SSSR count). The molecule has 0 unspecified atom stereocenters. The molecule has 0 aromatic rings. The molecule has 0 heterocycles. The van der Waals surface area contributed by atoms with Gasteiger partial charge in [-0.25, -0.2) is 0 Å². The molecule has 0 saturated carbocycles. The Morgan fingerprint density at radius 3 is 1.29 bits per heavy atom. The van der Waals surface area contributed by atoms with Crippen molar-refractivity contribution >= 4 is 0 Å². The number of unbranched alkanes of at least 4 members (excludes halogenated alkanes) is 10. The van der Waals surface area contributed by atoms with Gasteiger partial charge in [0.15, 0.2) is 0 Å². The van der Waals surface area contributed by atoms with Crippen LogP contribution >= 0.6 is 0 Å². The number of hydrogen-bond acceptors (Lipinski definition) is 0. The monoisotopic (exact) mass is 251 g/mol. The van der Waals surface area contributed by atoms with E-state index in [0.717, 1.165) is 25.7 Å². The summed E-state index contributed by atoms with van der Waals surface area (Å²) in [5.41, 5.74) is 0. The van der Waals surface area contributed by atoms with Crippen LogP contribution in [0.25, 0.3) is 0 Å². The third-order valence-corrected chi connectivity index (χ3v) is 2.96. The average Bonchev–Trinajstić information content (AvgIpc) is 2.24. The smallest absolute Gasteiger partial charge is 0.171 e. The third kappa shape index (κ3) is 15.8. The van der Waals surface area contributed by atoms with Crippen molar-refractivity contribution in [1.82, 2.24) is 0 Å². The van der Waals surface area contributed by atoms with E-state index in [4.69, 9.17) is 0 Å². The number of alkyl halides is 3. The summed E-state index contributed by atoms with van der Waals surface area (Å²) in [4.78, 5) is 0. The van der Waals surface area contributed by atoms with Crippen LogP contribution in [0.4, 0.5) is 13.2 Å². The van der Waals surface area contributed by atoms with Gasteiger partial charge in [-0.2, -0.15) is 13.2 Å². The summed E-state index contributed by atoms with van der Waals surface area (Å²) < 4.78 is 35.5. The first kappa shape index (κ1) is 16.8. The van der Waals surface area contributed by atoms with Crippen LogP contribution < -0.4 is 0 Å². The summed E-state index contributed by atoms with van der Waals surface area (Å²) in [6.07, 6.45) is 6.97. The molecule has 0 saturated heterocycles. The largest absolute Gasteiger partial charge is 0.389 e. The normalized spacial score (nSPS) is 12.0. The molecule has 0 amide bonds. The van der Waals surface area contributed by atoms with Crippen molar-refractivity contribution < 1.29 is 13.2 Å². The number of hydrogen-bond donors (Lipinski definition) is 0. The maximum Gasteiger partial charge on any atom is 0.389 e. The molecule has 0 N–H and O–H groups in total. The molecule has 0 bridgehead atoms. The fourth-order valence-corrected chi connectivity index (χ4v) is 1.92. The van der Waals surface area contributed by atoms with Gasteiger partial charge >= 0.3 is 6.18 Å². The van der Waals surface area contributed by atoms with Gasteiger partial charge < -0.3 is 0 Å². The summed E-state index contributed by atoms with van der Waals surface area (Å²) in [5.74, 6) is 0. The lowest BCUT2D eigenvalue weighted by Crippen LogP contribution is -2.06. The maximum absolute atomic E-state index is 11.8. The first-order chi connectivity index (χ1) is 8.06. The predicted molar refractivity (Wildman–Crippen MR) is 66.8 cm³/mol. The zero-order valence-corrected chi connectivity index (χ0v) is 10.8. The highest BCUT2D eigenvalue weighted by Gasteiger charge is 2.25. The van der Waals surface area contributed by atoms with Crippen molar-refractivity contribution in [3.63, 3.8) is 0 Å². The summed E-state index contributed by atoms with van der Waals surface area (Å²) in [6.45, 7) is 3.80. The predicted octanol–water partition coefficient (Wildman–Crippen LogP) is 6.06. The van der Waals surface area contributed by atoms with Gasteiger partial charge in [-0.15, -0.1) is 0 Å².